The van der Waals surface area contributed by atoms with Gasteiger partial charge in [-0.1, -0.05) is 0 Å². The van der Waals surface area contributed by atoms with Crippen LogP contribution < -0.4 is 4.57 Å². The minimum absolute atomic E-state index is 0.394. The van der Waals surface area contributed by atoms with E-state index in [0.717, 1.165) is 18.9 Å². The Labute approximate surface area is 77.8 Å². The van der Waals surface area contributed by atoms with Crippen molar-refractivity contribution in [3.05, 3.63) is 18.2 Å². The van der Waals surface area contributed by atoms with Gasteiger partial charge in [-0.3, -0.25) is 0 Å². The molecule has 0 saturated carbocycles. The Balaban J connectivity index is 2.46. The maximum atomic E-state index is 8.52. The second kappa shape index (κ2) is 5.33. The van der Waals surface area contributed by atoms with Crippen LogP contribution in [0.3, 0.4) is 0 Å². The molecule has 1 heterocycles. The van der Waals surface area contributed by atoms with Crippen LogP contribution in [0.25, 0.3) is 0 Å². The van der Waals surface area contributed by atoms with Crippen molar-refractivity contribution in [3.8, 4) is 6.07 Å². The molecular weight excluding hydrogens is 166 g/mol. The summed E-state index contributed by atoms with van der Waals surface area (Å²) in [5.41, 5.74) is 0. The minimum Gasteiger partial charge on any atom is -0.381 e. The van der Waals surface area contributed by atoms with Crippen molar-refractivity contribution in [2.75, 3.05) is 13.2 Å². The Morgan fingerprint density at radius 1 is 1.69 bits per heavy atom. The molecule has 0 fully saturated rings. The summed E-state index contributed by atoms with van der Waals surface area (Å²) in [5.74, 6) is 1.04. The van der Waals surface area contributed by atoms with Gasteiger partial charge in [0.2, 0.25) is 0 Å². The van der Waals surface area contributed by atoms with Crippen molar-refractivity contribution < 1.29 is 9.30 Å². The first-order chi connectivity index (χ1) is 6.38. The summed E-state index contributed by atoms with van der Waals surface area (Å²) >= 11 is 0. The third kappa shape index (κ3) is 2.88. The number of nitriles is 1. The molecule has 0 aliphatic rings. The van der Waals surface area contributed by atoms with Gasteiger partial charge in [-0.05, 0) is 6.92 Å². The number of nitrogens with zero attached hydrogens (tertiary/aromatic N) is 2. The van der Waals surface area contributed by atoms with Gasteiger partial charge in [0.15, 0.2) is 6.54 Å². The molecule has 4 nitrogen and oxygen atoms in total. The Bertz CT molecular complexity index is 287. The molecule has 1 rings (SSSR count). The zero-order chi connectivity index (χ0) is 9.52. The fourth-order valence-electron chi connectivity index (χ4n) is 1.15. The molecule has 0 aliphatic carbocycles. The predicted octanol–water partition coefficient (Wildman–Crippen LogP) is 0.405. The summed E-state index contributed by atoms with van der Waals surface area (Å²) in [6.07, 6.45) is 4.52. The fourth-order valence-corrected chi connectivity index (χ4v) is 1.15. The van der Waals surface area contributed by atoms with Crippen molar-refractivity contribution in [1.29, 1.82) is 5.26 Å². The molecule has 13 heavy (non-hydrogen) atoms. The lowest BCUT2D eigenvalue weighted by atomic mass is 10.4. The van der Waals surface area contributed by atoms with Crippen molar-refractivity contribution in [3.63, 3.8) is 0 Å². The molecule has 4 heteroatoms. The van der Waals surface area contributed by atoms with Gasteiger partial charge in [0.1, 0.15) is 18.5 Å². The number of nitrogens with one attached hydrogen (secondary N) is 1. The molecular formula is C9H14N3O+. The van der Waals surface area contributed by atoms with Crippen LogP contribution in [0.5, 0.6) is 0 Å². The summed E-state index contributed by atoms with van der Waals surface area (Å²) in [5, 5.41) is 8.52. The zero-order valence-electron chi connectivity index (χ0n) is 7.79. The van der Waals surface area contributed by atoms with E-state index < -0.39 is 0 Å². The number of H-pyrrole nitrogens is 1. The van der Waals surface area contributed by atoms with Gasteiger partial charge in [-0.15, -0.1) is 0 Å². The van der Waals surface area contributed by atoms with Gasteiger partial charge >= 0.3 is 0 Å². The average Bonchev–Trinajstić information content (AvgIpc) is 2.54. The fraction of sp³-hybridized carbons (Fsp3) is 0.556. The quantitative estimate of drug-likeness (QED) is 0.527. The Morgan fingerprint density at radius 2 is 2.54 bits per heavy atom. The molecule has 0 atom stereocenters. The first kappa shape index (κ1) is 9.75. The molecule has 0 amide bonds. The van der Waals surface area contributed by atoms with Crippen LogP contribution in [-0.4, -0.2) is 18.2 Å². The SMILES string of the molecule is CCOCCc1[nH]cc[n+]1CC#N. The number of aromatic amines is 1. The highest BCUT2D eigenvalue weighted by Crippen LogP contribution is 1.89. The summed E-state index contributed by atoms with van der Waals surface area (Å²) in [4.78, 5) is 3.08. The summed E-state index contributed by atoms with van der Waals surface area (Å²) in [6, 6.07) is 2.10. The second-order valence-corrected chi connectivity index (χ2v) is 2.64. The van der Waals surface area contributed by atoms with E-state index in [1.165, 1.54) is 0 Å². The molecule has 0 bridgehead atoms. The largest absolute Gasteiger partial charge is 0.381 e. The van der Waals surface area contributed by atoms with Gasteiger partial charge in [0.25, 0.3) is 5.82 Å². The maximum Gasteiger partial charge on any atom is 0.257 e. The molecule has 0 unspecified atom stereocenters. The van der Waals surface area contributed by atoms with Gasteiger partial charge in [-0.25, -0.2) is 9.55 Å². The average molecular weight is 180 g/mol. The molecule has 1 aromatic rings. The third-order valence-corrected chi connectivity index (χ3v) is 1.78. The van der Waals surface area contributed by atoms with E-state index in [1.807, 2.05) is 23.9 Å². The van der Waals surface area contributed by atoms with Gasteiger partial charge in [0.05, 0.1) is 13.0 Å². The number of hydrogen-bond acceptors (Lipinski definition) is 2. The van der Waals surface area contributed by atoms with Crippen LogP contribution >= 0.6 is 0 Å². The summed E-state index contributed by atoms with van der Waals surface area (Å²) in [7, 11) is 0. The number of rotatable bonds is 5. The van der Waals surface area contributed by atoms with E-state index in [0.29, 0.717) is 13.2 Å². The van der Waals surface area contributed by atoms with Crippen LogP contribution in [0, 0.1) is 11.3 Å². The minimum atomic E-state index is 0.394. The molecule has 0 radical (unpaired) electrons. The lowest BCUT2D eigenvalue weighted by Crippen LogP contribution is -2.35. The molecule has 1 aromatic heterocycles. The molecule has 0 saturated heterocycles. The molecule has 0 aromatic carbocycles. The van der Waals surface area contributed by atoms with E-state index in [-0.39, 0.29) is 0 Å². The highest BCUT2D eigenvalue weighted by atomic mass is 16.5. The van der Waals surface area contributed by atoms with Gasteiger partial charge in [0, 0.05) is 6.61 Å². The van der Waals surface area contributed by atoms with Crippen molar-refractivity contribution in [2.45, 2.75) is 19.9 Å². The van der Waals surface area contributed by atoms with Gasteiger partial charge < -0.3 is 4.74 Å². The Kier molecular flexibility index (Phi) is 4.00. The lowest BCUT2D eigenvalue weighted by Gasteiger charge is -1.97. The van der Waals surface area contributed by atoms with Crippen LogP contribution in [0.4, 0.5) is 0 Å². The van der Waals surface area contributed by atoms with Crippen LogP contribution in [0.15, 0.2) is 12.4 Å². The first-order valence-electron chi connectivity index (χ1n) is 4.39. The van der Waals surface area contributed by atoms with E-state index in [2.05, 4.69) is 11.1 Å². The standard InChI is InChI=1S/C9H13N3O/c1-2-13-8-3-9-11-5-7-12(9)6-4-10/h5,7H,2-3,6,8H2,1H3/p+1. The molecule has 0 spiro atoms. The first-order valence-corrected chi connectivity index (χ1v) is 4.39. The number of hydrogen-bond donors (Lipinski definition) is 1. The number of imidazole rings is 1. The van der Waals surface area contributed by atoms with E-state index >= 15 is 0 Å². The molecule has 70 valence electrons. The Hall–Kier alpha value is -1.34. The number of ether oxygens (including phenoxy) is 1. The molecule has 1 N–H and O–H groups in total. The highest BCUT2D eigenvalue weighted by Gasteiger charge is 2.08. The van der Waals surface area contributed by atoms with Crippen LogP contribution in [0.1, 0.15) is 12.7 Å². The number of aromatic nitrogens is 2. The Morgan fingerprint density at radius 3 is 3.23 bits per heavy atom. The lowest BCUT2D eigenvalue weighted by molar-refractivity contribution is -0.691. The van der Waals surface area contributed by atoms with E-state index in [9.17, 15) is 0 Å². The van der Waals surface area contributed by atoms with Crippen LogP contribution in [-0.2, 0) is 17.7 Å². The van der Waals surface area contributed by atoms with Crippen LogP contribution in [0.2, 0.25) is 0 Å². The highest BCUT2D eigenvalue weighted by molar-refractivity contribution is 4.78. The smallest absolute Gasteiger partial charge is 0.257 e. The zero-order valence-corrected chi connectivity index (χ0v) is 7.79. The monoisotopic (exact) mass is 180 g/mol. The normalized spacial score (nSPS) is 9.85. The summed E-state index contributed by atoms with van der Waals surface area (Å²) < 4.78 is 7.11. The van der Waals surface area contributed by atoms with Crippen molar-refractivity contribution in [1.82, 2.24) is 4.98 Å². The molecule has 0 aliphatic heterocycles. The summed E-state index contributed by atoms with van der Waals surface area (Å²) in [6.45, 7) is 3.80. The van der Waals surface area contributed by atoms with E-state index in [1.54, 1.807) is 0 Å². The van der Waals surface area contributed by atoms with E-state index in [4.69, 9.17) is 10.00 Å². The predicted molar refractivity (Wildman–Crippen MR) is 46.8 cm³/mol. The third-order valence-electron chi connectivity index (χ3n) is 1.78. The van der Waals surface area contributed by atoms with Crippen molar-refractivity contribution >= 4 is 0 Å². The van der Waals surface area contributed by atoms with Crippen molar-refractivity contribution in [2.24, 2.45) is 0 Å². The van der Waals surface area contributed by atoms with Gasteiger partial charge in [-0.2, -0.15) is 5.26 Å². The maximum absolute atomic E-state index is 8.52. The second-order valence-electron chi connectivity index (χ2n) is 2.64. The topological polar surface area (TPSA) is 52.7 Å².